The second-order valence-corrected chi connectivity index (χ2v) is 13.9. The maximum atomic E-state index is 5.16. The summed E-state index contributed by atoms with van der Waals surface area (Å²) < 4.78 is 5.06. The van der Waals surface area contributed by atoms with Crippen LogP contribution in [0.1, 0.15) is 23.6 Å². The van der Waals surface area contributed by atoms with Crippen molar-refractivity contribution in [2.45, 2.75) is 12.5 Å². The molecule has 10 rings (SSSR count). The largest absolute Gasteiger partial charge is 0.337 e. The lowest BCUT2D eigenvalue weighted by Gasteiger charge is -2.33. The Labute approximate surface area is 294 Å². The van der Waals surface area contributed by atoms with Crippen LogP contribution in [0.5, 0.6) is 0 Å². The quantitative estimate of drug-likeness (QED) is 0.193. The predicted molar refractivity (Wildman–Crippen MR) is 211 cm³/mol. The van der Waals surface area contributed by atoms with Crippen LogP contribution in [-0.2, 0) is 0 Å². The highest BCUT2D eigenvalue weighted by Crippen LogP contribution is 2.41. The minimum atomic E-state index is -0.248. The Balaban J connectivity index is 1.11. The summed E-state index contributed by atoms with van der Waals surface area (Å²) in [7, 11) is 0. The number of aromatic nitrogens is 1. The van der Waals surface area contributed by atoms with E-state index in [1.807, 2.05) is 17.4 Å². The average Bonchev–Trinajstić information content (AvgIpc) is 3.74. The van der Waals surface area contributed by atoms with E-state index in [1.54, 1.807) is 0 Å². The van der Waals surface area contributed by atoms with Gasteiger partial charge in [0.1, 0.15) is 12.0 Å². The van der Waals surface area contributed by atoms with Crippen LogP contribution in [0.2, 0.25) is 0 Å². The molecule has 0 saturated carbocycles. The number of hydrogen-bond acceptors (Lipinski definition) is 4. The Morgan fingerprint density at radius 3 is 2.04 bits per heavy atom. The molecule has 0 radical (unpaired) electrons. The molecule has 2 atom stereocenters. The molecule has 0 spiro atoms. The zero-order valence-corrected chi connectivity index (χ0v) is 27.9. The highest BCUT2D eigenvalue weighted by atomic mass is 32.1. The molecule has 0 aliphatic carbocycles. The van der Waals surface area contributed by atoms with Gasteiger partial charge in [-0.05, 0) is 52.1 Å². The summed E-state index contributed by atoms with van der Waals surface area (Å²) in [5.41, 5.74) is 9.38. The van der Waals surface area contributed by atoms with Crippen LogP contribution in [-0.4, -0.2) is 10.4 Å². The van der Waals surface area contributed by atoms with Gasteiger partial charge in [0.15, 0.2) is 6.29 Å². The smallest absolute Gasteiger partial charge is 0.162 e. The third-order valence-electron chi connectivity index (χ3n) is 9.89. The van der Waals surface area contributed by atoms with Crippen molar-refractivity contribution in [3.05, 3.63) is 181 Å². The monoisotopic (exact) mass is 660 g/mol. The molecule has 4 nitrogen and oxygen atoms in total. The van der Waals surface area contributed by atoms with Gasteiger partial charge < -0.3 is 9.88 Å². The van der Waals surface area contributed by atoms with Gasteiger partial charge in [-0.1, -0.05) is 146 Å². The van der Waals surface area contributed by atoms with Gasteiger partial charge in [-0.3, -0.25) is 5.32 Å². The van der Waals surface area contributed by atoms with Gasteiger partial charge >= 0.3 is 0 Å². The fraction of sp³-hybridized carbons (Fsp3) is 0.0444. The fourth-order valence-corrected chi connectivity index (χ4v) is 8.76. The van der Waals surface area contributed by atoms with Crippen LogP contribution in [0.15, 0.2) is 175 Å². The van der Waals surface area contributed by atoms with E-state index in [1.165, 1.54) is 53.2 Å². The molecule has 7 aromatic carbocycles. The van der Waals surface area contributed by atoms with Crippen LogP contribution >= 0.6 is 11.3 Å². The summed E-state index contributed by atoms with van der Waals surface area (Å²) in [6, 6.07) is 60.9. The first-order valence-corrected chi connectivity index (χ1v) is 17.8. The number of benzene rings is 7. The van der Waals surface area contributed by atoms with E-state index in [9.17, 15) is 0 Å². The first-order chi connectivity index (χ1) is 24.8. The molecule has 2 unspecified atom stereocenters. The molecule has 3 heterocycles. The molecule has 50 heavy (non-hydrogen) atoms. The van der Waals surface area contributed by atoms with Gasteiger partial charge in [-0.2, -0.15) is 0 Å². The molecule has 0 fully saturated rings. The minimum absolute atomic E-state index is 0.217. The number of nitrogens with one attached hydrogen (secondary N) is 2. The zero-order chi connectivity index (χ0) is 33.0. The topological polar surface area (TPSA) is 41.4 Å². The standard InChI is InChI=1S/C45H32N4S/c1-3-13-29(14-4-1)43-46-44(30-15-5-2-6-16-30)48-45(47-43)49-39-23-9-7-19-35(39)36-26-25-32(28-40(36)49)31-17-11-18-33(27-31)34-21-12-22-38-37-20-8-10-24-41(37)50-42(34)38/h1-28,43,45,47H,(H,46,48). The first kappa shape index (κ1) is 29.0. The van der Waals surface area contributed by atoms with Crippen LogP contribution in [0, 0.1) is 0 Å². The van der Waals surface area contributed by atoms with Gasteiger partial charge in [-0.25, -0.2) is 4.99 Å². The van der Waals surface area contributed by atoms with Crippen LogP contribution in [0.25, 0.3) is 64.2 Å². The lowest BCUT2D eigenvalue weighted by molar-refractivity contribution is 0.329. The molecule has 9 aromatic rings. The van der Waals surface area contributed by atoms with E-state index in [2.05, 4.69) is 179 Å². The van der Waals surface area contributed by atoms with E-state index < -0.39 is 0 Å². The number of thiophene rings is 1. The molecule has 1 aliphatic heterocycles. The Hall–Kier alpha value is -6.01. The molecular formula is C45H32N4S. The van der Waals surface area contributed by atoms with Gasteiger partial charge in [0.25, 0.3) is 0 Å². The van der Waals surface area contributed by atoms with E-state index in [-0.39, 0.29) is 12.5 Å². The Morgan fingerprint density at radius 1 is 0.500 bits per heavy atom. The fourth-order valence-electron chi connectivity index (χ4n) is 7.52. The van der Waals surface area contributed by atoms with E-state index in [4.69, 9.17) is 4.99 Å². The molecule has 0 amide bonds. The van der Waals surface area contributed by atoms with Crippen molar-refractivity contribution in [3.8, 4) is 22.3 Å². The van der Waals surface area contributed by atoms with Crippen LogP contribution < -0.4 is 10.6 Å². The third kappa shape index (κ3) is 4.82. The summed E-state index contributed by atoms with van der Waals surface area (Å²) in [4.78, 5) is 5.16. The molecule has 2 N–H and O–H groups in total. The summed E-state index contributed by atoms with van der Waals surface area (Å²) in [6.07, 6.45) is -0.465. The molecule has 0 saturated heterocycles. The second-order valence-electron chi connectivity index (χ2n) is 12.9. The van der Waals surface area contributed by atoms with E-state index >= 15 is 0 Å². The van der Waals surface area contributed by atoms with Crippen molar-refractivity contribution in [1.29, 1.82) is 0 Å². The number of hydrogen-bond donors (Lipinski definition) is 2. The second kappa shape index (κ2) is 11.8. The van der Waals surface area contributed by atoms with Crippen molar-refractivity contribution in [1.82, 2.24) is 15.2 Å². The normalized spacial score (nSPS) is 16.2. The van der Waals surface area contributed by atoms with Gasteiger partial charge in [0.05, 0.1) is 11.0 Å². The molecule has 1 aliphatic rings. The summed E-state index contributed by atoms with van der Waals surface area (Å²) in [6.45, 7) is 0. The number of aliphatic imine (C=N–C) groups is 1. The molecule has 2 aromatic heterocycles. The van der Waals surface area contributed by atoms with Crippen molar-refractivity contribution in [3.63, 3.8) is 0 Å². The van der Waals surface area contributed by atoms with Gasteiger partial charge in [-0.15, -0.1) is 11.3 Å². The van der Waals surface area contributed by atoms with Gasteiger partial charge in [0, 0.05) is 36.5 Å². The Kier molecular flexibility index (Phi) is 6.86. The summed E-state index contributed by atoms with van der Waals surface area (Å²) >= 11 is 1.88. The number of nitrogens with zero attached hydrogens (tertiary/aromatic N) is 2. The summed E-state index contributed by atoms with van der Waals surface area (Å²) in [5, 5.41) is 12.7. The van der Waals surface area contributed by atoms with Crippen LogP contribution in [0.3, 0.4) is 0 Å². The zero-order valence-electron chi connectivity index (χ0n) is 27.1. The third-order valence-corrected chi connectivity index (χ3v) is 11.1. The highest BCUT2D eigenvalue weighted by Gasteiger charge is 2.28. The maximum Gasteiger partial charge on any atom is 0.162 e. The van der Waals surface area contributed by atoms with Crippen LogP contribution in [0.4, 0.5) is 0 Å². The Morgan fingerprint density at radius 2 is 1.16 bits per heavy atom. The van der Waals surface area contributed by atoms with E-state index in [0.29, 0.717) is 0 Å². The highest BCUT2D eigenvalue weighted by molar-refractivity contribution is 7.26. The lowest BCUT2D eigenvalue weighted by atomic mass is 9.97. The Bertz CT molecular complexity index is 2720. The van der Waals surface area contributed by atoms with Crippen molar-refractivity contribution >= 4 is 59.2 Å². The minimum Gasteiger partial charge on any atom is -0.337 e. The SMILES string of the molecule is c1ccc(C2=NC(c3ccccc3)NC(n3c4ccccc4c4ccc(-c5cccc(-c6cccc7c6sc6ccccc67)c5)cc43)N2)cc1. The molecular weight excluding hydrogens is 629 g/mol. The van der Waals surface area contributed by atoms with Gasteiger partial charge in [0.2, 0.25) is 0 Å². The van der Waals surface area contributed by atoms with Crippen molar-refractivity contribution in [2.24, 2.45) is 4.99 Å². The molecule has 5 heteroatoms. The van der Waals surface area contributed by atoms with E-state index in [0.717, 1.165) is 28.0 Å². The van der Waals surface area contributed by atoms with Crippen molar-refractivity contribution < 1.29 is 0 Å². The lowest BCUT2D eigenvalue weighted by Crippen LogP contribution is -2.47. The van der Waals surface area contributed by atoms with Crippen molar-refractivity contribution in [2.75, 3.05) is 0 Å². The number of fused-ring (bicyclic) bond motifs is 6. The molecule has 238 valence electrons. The predicted octanol–water partition coefficient (Wildman–Crippen LogP) is 11.3. The number of rotatable bonds is 5. The average molecular weight is 661 g/mol. The first-order valence-electron chi connectivity index (χ1n) is 17.0. The molecule has 0 bridgehead atoms. The number of para-hydroxylation sites is 1. The summed E-state index contributed by atoms with van der Waals surface area (Å²) in [5.74, 6) is 0.869. The maximum absolute atomic E-state index is 5.16. The number of amidine groups is 1.